The van der Waals surface area contributed by atoms with Crippen molar-refractivity contribution in [2.45, 2.75) is 12.6 Å². The number of nitrogen functional groups attached to an aromatic ring is 1. The van der Waals surface area contributed by atoms with Crippen LogP contribution in [0.5, 0.6) is 5.75 Å². The predicted molar refractivity (Wildman–Crippen MR) is 67.5 cm³/mol. The first-order valence-corrected chi connectivity index (χ1v) is 5.69. The Morgan fingerprint density at radius 2 is 2.10 bits per heavy atom. The Hall–Kier alpha value is -1.96. The maximum Gasteiger partial charge on any atom is 0.411 e. The van der Waals surface area contributed by atoms with Crippen LogP contribution in [0.15, 0.2) is 18.2 Å². The van der Waals surface area contributed by atoms with Crippen LogP contribution in [0.3, 0.4) is 0 Å². The molecule has 0 aliphatic carbocycles. The molecular formula is C12H15F3N2O3. The summed E-state index contributed by atoms with van der Waals surface area (Å²) in [5, 5.41) is 2.51. The van der Waals surface area contributed by atoms with Crippen molar-refractivity contribution in [3.8, 4) is 5.75 Å². The molecular weight excluding hydrogens is 277 g/mol. The van der Waals surface area contributed by atoms with E-state index in [1.54, 1.807) is 12.1 Å². The fourth-order valence-electron chi connectivity index (χ4n) is 1.38. The zero-order valence-corrected chi connectivity index (χ0v) is 10.8. The third-order valence-electron chi connectivity index (χ3n) is 2.24. The van der Waals surface area contributed by atoms with E-state index in [0.29, 0.717) is 17.1 Å². The average Bonchev–Trinajstić information content (AvgIpc) is 2.35. The van der Waals surface area contributed by atoms with E-state index >= 15 is 0 Å². The summed E-state index contributed by atoms with van der Waals surface area (Å²) < 4.78 is 44.8. The second-order valence-electron chi connectivity index (χ2n) is 3.93. The molecule has 0 spiro atoms. The van der Waals surface area contributed by atoms with E-state index in [1.807, 2.05) is 0 Å². The molecule has 0 heterocycles. The minimum absolute atomic E-state index is 0.191. The van der Waals surface area contributed by atoms with Crippen molar-refractivity contribution in [1.82, 2.24) is 0 Å². The van der Waals surface area contributed by atoms with Crippen LogP contribution in [0.4, 0.5) is 24.5 Å². The number of benzene rings is 1. The Balaban J connectivity index is 2.43. The number of carbonyl (C=O) groups excluding carboxylic acids is 1. The van der Waals surface area contributed by atoms with Gasteiger partial charge in [0.15, 0.2) is 0 Å². The summed E-state index contributed by atoms with van der Waals surface area (Å²) >= 11 is 0. The van der Waals surface area contributed by atoms with Gasteiger partial charge in [0.1, 0.15) is 12.4 Å². The van der Waals surface area contributed by atoms with Gasteiger partial charge in [0.2, 0.25) is 5.91 Å². The number of nitrogens with two attached hydrogens (primary N) is 1. The van der Waals surface area contributed by atoms with Gasteiger partial charge in [-0.3, -0.25) is 4.79 Å². The van der Waals surface area contributed by atoms with Crippen LogP contribution in [-0.2, 0) is 9.53 Å². The lowest BCUT2D eigenvalue weighted by Crippen LogP contribution is -2.20. The SMILES string of the molecule is COc1cc(N)ccc1NC(=O)CCOCC(F)(F)F. The third-order valence-corrected chi connectivity index (χ3v) is 2.24. The first-order valence-electron chi connectivity index (χ1n) is 5.69. The van der Waals surface area contributed by atoms with Gasteiger partial charge in [-0.05, 0) is 12.1 Å². The van der Waals surface area contributed by atoms with Crippen molar-refractivity contribution in [3.05, 3.63) is 18.2 Å². The number of rotatable bonds is 6. The molecule has 3 N–H and O–H groups in total. The fraction of sp³-hybridized carbons (Fsp3) is 0.417. The lowest BCUT2D eigenvalue weighted by molar-refractivity contribution is -0.174. The van der Waals surface area contributed by atoms with E-state index in [1.165, 1.54) is 13.2 Å². The predicted octanol–water partition coefficient (Wildman–Crippen LogP) is 2.18. The van der Waals surface area contributed by atoms with Crippen molar-refractivity contribution in [2.24, 2.45) is 0 Å². The lowest BCUT2D eigenvalue weighted by atomic mass is 10.2. The Kier molecular flexibility index (Phi) is 5.63. The number of carbonyl (C=O) groups is 1. The van der Waals surface area contributed by atoms with E-state index in [4.69, 9.17) is 10.5 Å². The zero-order valence-electron chi connectivity index (χ0n) is 10.8. The number of hydrogen-bond acceptors (Lipinski definition) is 4. The molecule has 0 aromatic heterocycles. The van der Waals surface area contributed by atoms with Gasteiger partial charge in [-0.15, -0.1) is 0 Å². The quantitative estimate of drug-likeness (QED) is 0.622. The molecule has 0 saturated carbocycles. The summed E-state index contributed by atoms with van der Waals surface area (Å²) in [4.78, 5) is 11.5. The summed E-state index contributed by atoms with van der Waals surface area (Å²) in [5.41, 5.74) is 6.41. The van der Waals surface area contributed by atoms with Crippen LogP contribution in [-0.4, -0.2) is 32.4 Å². The Bertz CT molecular complexity index is 464. The highest BCUT2D eigenvalue weighted by Gasteiger charge is 2.27. The molecule has 112 valence electrons. The lowest BCUT2D eigenvalue weighted by Gasteiger charge is -2.11. The molecule has 0 unspecified atom stereocenters. The minimum Gasteiger partial charge on any atom is -0.494 e. The normalized spacial score (nSPS) is 11.2. The molecule has 5 nitrogen and oxygen atoms in total. The highest BCUT2D eigenvalue weighted by atomic mass is 19.4. The number of methoxy groups -OCH3 is 1. The van der Waals surface area contributed by atoms with Gasteiger partial charge >= 0.3 is 6.18 Å². The third kappa shape index (κ3) is 5.79. The number of hydrogen-bond donors (Lipinski definition) is 2. The highest BCUT2D eigenvalue weighted by Crippen LogP contribution is 2.26. The molecule has 1 rings (SSSR count). The molecule has 1 aromatic carbocycles. The molecule has 1 amide bonds. The van der Waals surface area contributed by atoms with Gasteiger partial charge in [0.05, 0.1) is 25.8 Å². The van der Waals surface area contributed by atoms with Crippen molar-refractivity contribution in [3.63, 3.8) is 0 Å². The maximum absolute atomic E-state index is 11.8. The van der Waals surface area contributed by atoms with Crippen LogP contribution in [0.25, 0.3) is 0 Å². The molecule has 1 aromatic rings. The standard InChI is InChI=1S/C12H15F3N2O3/c1-19-10-6-8(16)2-3-9(10)17-11(18)4-5-20-7-12(13,14)15/h2-3,6H,4-5,7,16H2,1H3,(H,17,18). The molecule has 0 bridgehead atoms. The van der Waals surface area contributed by atoms with Crippen LogP contribution < -0.4 is 15.8 Å². The maximum atomic E-state index is 11.8. The van der Waals surface area contributed by atoms with Gasteiger partial charge in [0, 0.05) is 11.8 Å². The Labute approximate surface area is 113 Å². The minimum atomic E-state index is -4.39. The van der Waals surface area contributed by atoms with Gasteiger partial charge in [-0.2, -0.15) is 13.2 Å². The second kappa shape index (κ2) is 6.99. The van der Waals surface area contributed by atoms with Crippen molar-refractivity contribution in [1.29, 1.82) is 0 Å². The van der Waals surface area contributed by atoms with E-state index < -0.39 is 18.7 Å². The first-order chi connectivity index (χ1) is 9.31. The number of alkyl halides is 3. The number of amides is 1. The molecule has 0 radical (unpaired) electrons. The van der Waals surface area contributed by atoms with Crippen LogP contribution in [0.1, 0.15) is 6.42 Å². The van der Waals surface area contributed by atoms with Crippen molar-refractivity contribution in [2.75, 3.05) is 31.4 Å². The van der Waals surface area contributed by atoms with E-state index in [0.717, 1.165) is 0 Å². The number of nitrogens with one attached hydrogen (secondary N) is 1. The van der Waals surface area contributed by atoms with Crippen LogP contribution >= 0.6 is 0 Å². The zero-order chi connectivity index (χ0) is 15.2. The second-order valence-corrected chi connectivity index (χ2v) is 3.93. The van der Waals surface area contributed by atoms with Gasteiger partial charge < -0.3 is 20.5 Å². The fourth-order valence-corrected chi connectivity index (χ4v) is 1.38. The molecule has 0 fully saturated rings. The van der Waals surface area contributed by atoms with Gasteiger partial charge in [-0.25, -0.2) is 0 Å². The van der Waals surface area contributed by atoms with Gasteiger partial charge in [0.25, 0.3) is 0 Å². The highest BCUT2D eigenvalue weighted by molar-refractivity contribution is 5.92. The van der Waals surface area contributed by atoms with Crippen LogP contribution in [0.2, 0.25) is 0 Å². The number of anilines is 2. The monoisotopic (exact) mass is 292 g/mol. The molecule has 0 atom stereocenters. The van der Waals surface area contributed by atoms with Crippen molar-refractivity contribution < 1.29 is 27.4 Å². The van der Waals surface area contributed by atoms with E-state index in [2.05, 4.69) is 10.1 Å². The number of halogens is 3. The molecule has 20 heavy (non-hydrogen) atoms. The Morgan fingerprint density at radius 1 is 1.40 bits per heavy atom. The van der Waals surface area contributed by atoms with Crippen LogP contribution in [0, 0.1) is 0 Å². The summed E-state index contributed by atoms with van der Waals surface area (Å²) in [7, 11) is 1.41. The van der Waals surface area contributed by atoms with Crippen molar-refractivity contribution >= 4 is 17.3 Å². The van der Waals surface area contributed by atoms with E-state index in [-0.39, 0.29) is 13.0 Å². The molecule has 0 aliphatic heterocycles. The first kappa shape index (κ1) is 16.1. The molecule has 8 heteroatoms. The number of ether oxygens (including phenoxy) is 2. The summed E-state index contributed by atoms with van der Waals surface area (Å²) in [5.74, 6) is -0.107. The largest absolute Gasteiger partial charge is 0.494 e. The summed E-state index contributed by atoms with van der Waals surface area (Å²) in [6.07, 6.45) is -4.58. The Morgan fingerprint density at radius 3 is 2.70 bits per heavy atom. The summed E-state index contributed by atoms with van der Waals surface area (Å²) in [6.45, 7) is -1.69. The summed E-state index contributed by atoms with van der Waals surface area (Å²) in [6, 6.07) is 4.64. The topological polar surface area (TPSA) is 73.6 Å². The van der Waals surface area contributed by atoms with E-state index in [9.17, 15) is 18.0 Å². The van der Waals surface area contributed by atoms with Gasteiger partial charge in [-0.1, -0.05) is 0 Å². The smallest absolute Gasteiger partial charge is 0.411 e. The molecule has 0 aliphatic rings. The average molecular weight is 292 g/mol. The molecule has 0 saturated heterocycles.